The summed E-state index contributed by atoms with van der Waals surface area (Å²) in [7, 11) is 0. The zero-order chi connectivity index (χ0) is 51.7. The van der Waals surface area contributed by atoms with Crippen molar-refractivity contribution in [1.29, 1.82) is 26.3 Å². The summed E-state index contributed by atoms with van der Waals surface area (Å²) in [6, 6.07) is 42.9. The highest BCUT2D eigenvalue weighted by Gasteiger charge is 2.23. The van der Waals surface area contributed by atoms with Crippen LogP contribution in [0.5, 0.6) is 0 Å². The number of allylic oxidation sites excluding steroid dienone is 5. The van der Waals surface area contributed by atoms with Crippen LogP contribution in [0.15, 0.2) is 91.0 Å². The molecule has 0 aromatic heterocycles. The van der Waals surface area contributed by atoms with Gasteiger partial charge in [-0.05, 0) is 202 Å². The van der Waals surface area contributed by atoms with Crippen molar-refractivity contribution in [3.63, 3.8) is 0 Å². The Balaban J connectivity index is 1.80. The lowest BCUT2D eigenvalue weighted by molar-refractivity contribution is 0.589. The monoisotopic (exact) mass is 916 g/mol. The van der Waals surface area contributed by atoms with E-state index in [4.69, 9.17) is 0 Å². The molecule has 0 atom stereocenters. The van der Waals surface area contributed by atoms with E-state index in [2.05, 4.69) is 195 Å². The third-order valence-corrected chi connectivity index (χ3v) is 12.8. The summed E-state index contributed by atoms with van der Waals surface area (Å²) in [6.07, 6.45) is 9.43. The van der Waals surface area contributed by atoms with E-state index in [1.807, 2.05) is 60.7 Å². The lowest BCUT2D eigenvalue weighted by Gasteiger charge is -2.22. The van der Waals surface area contributed by atoms with Crippen LogP contribution in [0.2, 0.25) is 0 Å². The number of fused-ring (bicyclic) bond motifs is 10. The maximum Gasteiger partial charge on any atom is 0.0998 e. The molecule has 0 heterocycles. The van der Waals surface area contributed by atoms with E-state index in [9.17, 15) is 26.3 Å². The number of benzene rings is 5. The van der Waals surface area contributed by atoms with Crippen LogP contribution in [0.3, 0.4) is 0 Å². The van der Waals surface area contributed by atoms with E-state index < -0.39 is 0 Å². The molecule has 0 amide bonds. The summed E-state index contributed by atoms with van der Waals surface area (Å²) in [6.45, 7) is 32.0. The van der Waals surface area contributed by atoms with Crippen LogP contribution in [0, 0.1) is 56.7 Å². The van der Waals surface area contributed by atoms with Gasteiger partial charge in [0.15, 0.2) is 0 Å². The van der Waals surface area contributed by atoms with Gasteiger partial charge >= 0.3 is 0 Å². The van der Waals surface area contributed by atoms with E-state index in [1.54, 1.807) is 0 Å². The molecule has 0 saturated heterocycles. The first kappa shape index (κ1) is 51.6. The lowest BCUT2D eigenvalue weighted by atomic mass is 9.82. The fraction of sp³-hybridized carbons (Fsp3) is 0.308. The van der Waals surface area contributed by atoms with Crippen LogP contribution in [0.1, 0.15) is 187 Å². The second-order valence-electron chi connectivity index (χ2n) is 23.8. The minimum absolute atomic E-state index is 0.297. The van der Waals surface area contributed by atoms with Crippen molar-refractivity contribution in [2.45, 2.75) is 131 Å². The molecule has 0 saturated carbocycles. The highest BCUT2D eigenvalue weighted by molar-refractivity contribution is 5.98. The summed E-state index contributed by atoms with van der Waals surface area (Å²) < 4.78 is 0. The molecule has 1 aliphatic rings. The molecule has 70 heavy (non-hydrogen) atoms. The number of hydrogen-bond donors (Lipinski definition) is 0. The van der Waals surface area contributed by atoms with Crippen molar-refractivity contribution in [3.05, 3.63) is 174 Å². The Bertz CT molecular complexity index is 2790. The van der Waals surface area contributed by atoms with Crippen molar-refractivity contribution in [3.8, 4) is 30.3 Å². The minimum atomic E-state index is -0.297. The molecule has 0 radical (unpaired) electrons. The first-order chi connectivity index (χ1) is 32.5. The van der Waals surface area contributed by atoms with Crippen molar-refractivity contribution >= 4 is 58.2 Å². The van der Waals surface area contributed by atoms with E-state index in [1.165, 1.54) is 0 Å². The highest BCUT2D eigenvalue weighted by Crippen LogP contribution is 2.37. The molecule has 0 fully saturated rings. The molecule has 6 rings (SSSR count). The minimum Gasteiger partial charge on any atom is -0.192 e. The fourth-order valence-corrected chi connectivity index (χ4v) is 8.35. The fourth-order valence-electron chi connectivity index (χ4n) is 8.35. The molecule has 10 bridgehead atoms. The largest absolute Gasteiger partial charge is 0.192 e. The molecule has 1 aliphatic carbocycles. The number of nitriles is 5. The van der Waals surface area contributed by atoms with Crippen LogP contribution >= 0.6 is 0 Å². The van der Waals surface area contributed by atoms with Crippen molar-refractivity contribution in [2.75, 3.05) is 0 Å². The van der Waals surface area contributed by atoms with Gasteiger partial charge in [-0.3, -0.25) is 0 Å². The van der Waals surface area contributed by atoms with Gasteiger partial charge in [0.2, 0.25) is 0 Å². The Kier molecular flexibility index (Phi) is 14.3. The number of nitrogens with zero attached hydrogens (tertiary/aromatic N) is 5. The summed E-state index contributed by atoms with van der Waals surface area (Å²) in [5.41, 5.74) is 13.1. The van der Waals surface area contributed by atoms with Crippen molar-refractivity contribution in [2.24, 2.45) is 0 Å². The van der Waals surface area contributed by atoms with Gasteiger partial charge in [-0.25, -0.2) is 0 Å². The maximum absolute atomic E-state index is 10.9. The molecule has 0 aliphatic heterocycles. The second kappa shape index (κ2) is 19.3. The van der Waals surface area contributed by atoms with Gasteiger partial charge in [0.05, 0.1) is 58.2 Å². The molecule has 0 N–H and O–H groups in total. The van der Waals surface area contributed by atoms with Gasteiger partial charge in [-0.2, -0.15) is 26.3 Å². The third-order valence-electron chi connectivity index (χ3n) is 12.8. The van der Waals surface area contributed by atoms with Gasteiger partial charge < -0.3 is 0 Å². The zero-order valence-electron chi connectivity index (χ0n) is 43.8. The van der Waals surface area contributed by atoms with Crippen LogP contribution < -0.4 is 0 Å². The quantitative estimate of drug-likeness (QED) is 0.153. The van der Waals surface area contributed by atoms with Crippen molar-refractivity contribution in [1.82, 2.24) is 0 Å². The second-order valence-corrected chi connectivity index (χ2v) is 23.8. The Morgan fingerprint density at radius 1 is 0.229 bits per heavy atom. The third kappa shape index (κ3) is 12.1. The van der Waals surface area contributed by atoms with Crippen LogP contribution in [-0.2, 0) is 27.1 Å². The molecule has 5 nitrogen and oxygen atoms in total. The summed E-state index contributed by atoms with van der Waals surface area (Å²) in [4.78, 5) is 0. The van der Waals surface area contributed by atoms with Crippen molar-refractivity contribution < 1.29 is 0 Å². The Morgan fingerprint density at radius 2 is 0.371 bits per heavy atom. The molecule has 5 heteroatoms. The zero-order valence-corrected chi connectivity index (χ0v) is 43.8. The Morgan fingerprint density at radius 3 is 0.486 bits per heavy atom. The highest BCUT2D eigenvalue weighted by atomic mass is 14.3. The predicted molar refractivity (Wildman–Crippen MR) is 293 cm³/mol. The SMILES string of the molecule is CC(C)(C)c1cc2cc(c1)C(C#N)=Cc1cc(cc(C(C)(C)C)c1)C(C#N)=Cc1cc(cc(C(C)(C)C)c1)C(C#N)=Cc1cc(cc(C(C)(C)C)c1)C(C#N)=Cc1cc(cc(C(C)(C)C)c1)C(C#N)=C2. The van der Waals surface area contributed by atoms with Gasteiger partial charge in [0.25, 0.3) is 0 Å². The first-order valence-corrected chi connectivity index (χ1v) is 23.9. The maximum atomic E-state index is 10.9. The molecular formula is C65H65N5. The predicted octanol–water partition coefficient (Wildman–Crippen LogP) is 16.8. The summed E-state index contributed by atoms with van der Waals surface area (Å²) in [5.74, 6) is 0. The van der Waals surface area contributed by atoms with Gasteiger partial charge in [-0.15, -0.1) is 0 Å². The normalized spacial score (nSPS) is 13.7. The van der Waals surface area contributed by atoms with E-state index in [-0.39, 0.29) is 27.1 Å². The Labute approximate surface area is 418 Å². The number of hydrogen-bond acceptors (Lipinski definition) is 5. The van der Waals surface area contributed by atoms with Gasteiger partial charge in [0, 0.05) is 0 Å². The molecule has 0 spiro atoms. The van der Waals surface area contributed by atoms with E-state index in [0.29, 0.717) is 55.7 Å². The first-order valence-electron chi connectivity index (χ1n) is 23.9. The average Bonchev–Trinajstić information content (AvgIpc) is 3.27. The molecule has 5 aromatic rings. The standard InChI is InChI=1S/C65H65N5/c1-61(2,3)56-26-41-16-46(31-56)51(36-66)22-42-17-48(33-57(27-42)62(4,5)6)53(38-68)24-44-19-50(35-59(29-44)64(10,11)12)55(40-70)25-45-20-49(34-60(30-45)65(13,14)15)54(39-69)23-43-18-47(52(21-41)37-67)32-58(28-43)63(7,8)9/h16-35H,1-15H3. The van der Waals surface area contributed by atoms with Crippen LogP contribution in [0.25, 0.3) is 58.2 Å². The lowest BCUT2D eigenvalue weighted by Crippen LogP contribution is -2.12. The van der Waals surface area contributed by atoms with Gasteiger partial charge in [-0.1, -0.05) is 134 Å². The van der Waals surface area contributed by atoms with Crippen LogP contribution in [-0.4, -0.2) is 0 Å². The summed E-state index contributed by atoms with van der Waals surface area (Å²) in [5, 5.41) is 54.7. The van der Waals surface area contributed by atoms with E-state index in [0.717, 1.165) is 55.6 Å². The Hall–Kier alpha value is -7.75. The average molecular weight is 916 g/mol. The number of rotatable bonds is 0. The molecule has 350 valence electrons. The molecular weight excluding hydrogens is 851 g/mol. The molecule has 0 unspecified atom stereocenters. The van der Waals surface area contributed by atoms with E-state index >= 15 is 0 Å². The summed E-state index contributed by atoms with van der Waals surface area (Å²) >= 11 is 0. The van der Waals surface area contributed by atoms with Gasteiger partial charge in [0.1, 0.15) is 0 Å². The topological polar surface area (TPSA) is 119 Å². The van der Waals surface area contributed by atoms with Crippen LogP contribution in [0.4, 0.5) is 0 Å². The smallest absolute Gasteiger partial charge is 0.0998 e. The molecule has 5 aromatic carbocycles.